The van der Waals surface area contributed by atoms with Crippen molar-refractivity contribution in [2.45, 2.75) is 6.04 Å². The number of rotatable bonds is 3. The van der Waals surface area contributed by atoms with Gasteiger partial charge in [-0.2, -0.15) is 0 Å². The Morgan fingerprint density at radius 2 is 2.58 bits per heavy atom. The van der Waals surface area contributed by atoms with Gasteiger partial charge in [0.15, 0.2) is 0 Å². The second-order valence-corrected chi connectivity index (χ2v) is 4.06. The van der Waals surface area contributed by atoms with Crippen LogP contribution >= 0.6 is 24.0 Å². The number of carbonyl (C=O) groups is 1. The highest BCUT2D eigenvalue weighted by Crippen LogP contribution is 2.20. The highest BCUT2D eigenvalue weighted by atomic mass is 32.2. The van der Waals surface area contributed by atoms with Gasteiger partial charge in [0.05, 0.1) is 0 Å². The summed E-state index contributed by atoms with van der Waals surface area (Å²) >= 11 is 6.49. The molecule has 0 aromatic carbocycles. The van der Waals surface area contributed by atoms with Crippen molar-refractivity contribution in [2.24, 2.45) is 0 Å². The lowest BCUT2D eigenvalue weighted by molar-refractivity contribution is -0.139. The van der Waals surface area contributed by atoms with Crippen LogP contribution in [0.2, 0.25) is 0 Å². The monoisotopic (exact) mass is 203 g/mol. The van der Waals surface area contributed by atoms with E-state index in [1.807, 2.05) is 0 Å². The molecule has 0 saturated carbocycles. The molecule has 0 bridgehead atoms. The molecule has 1 aliphatic rings. The van der Waals surface area contributed by atoms with E-state index in [-0.39, 0.29) is 0 Å². The zero-order valence-corrected chi connectivity index (χ0v) is 8.03. The Labute approximate surface area is 80.4 Å². The molecule has 5 heteroatoms. The summed E-state index contributed by atoms with van der Waals surface area (Å²) in [6, 6.07) is -0.660. The molecule has 0 amide bonds. The van der Waals surface area contributed by atoms with E-state index >= 15 is 0 Å². The Hall–Kier alpha value is -0.550. The summed E-state index contributed by atoms with van der Waals surface area (Å²) in [5.74, 6) is -0.0222. The molecule has 1 unspecified atom stereocenters. The first-order chi connectivity index (χ1) is 5.66. The largest absolute Gasteiger partial charge is 0.479 e. The molecule has 12 heavy (non-hydrogen) atoms. The molecule has 3 nitrogen and oxygen atoms in total. The highest BCUT2D eigenvalue weighted by molar-refractivity contribution is 8.23. The van der Waals surface area contributed by atoms with Gasteiger partial charge in [-0.3, -0.25) is 0 Å². The van der Waals surface area contributed by atoms with Gasteiger partial charge in [0.2, 0.25) is 0 Å². The summed E-state index contributed by atoms with van der Waals surface area (Å²) < 4.78 is 0.655. The minimum absolute atomic E-state index is 0.655. The Morgan fingerprint density at radius 1 is 1.92 bits per heavy atom. The van der Waals surface area contributed by atoms with Crippen LogP contribution in [-0.2, 0) is 4.79 Å². The zero-order chi connectivity index (χ0) is 9.14. The summed E-state index contributed by atoms with van der Waals surface area (Å²) in [6.07, 6.45) is 1.40. The highest BCUT2D eigenvalue weighted by Gasteiger charge is 2.28. The van der Waals surface area contributed by atoms with Crippen LogP contribution in [0.15, 0.2) is 12.7 Å². The summed E-state index contributed by atoms with van der Waals surface area (Å²) in [6.45, 7) is 4.17. The second-order valence-electron chi connectivity index (χ2n) is 2.33. The molecule has 1 aliphatic heterocycles. The average Bonchev–Trinajstić information content (AvgIpc) is 2.38. The van der Waals surface area contributed by atoms with Crippen LogP contribution in [0.3, 0.4) is 0 Å². The minimum atomic E-state index is -0.894. The molecule has 66 valence electrons. The van der Waals surface area contributed by atoms with E-state index in [0.717, 1.165) is 5.75 Å². The SMILES string of the molecule is C=CC(C(=O)O)N1CCSC1=S. The number of hydrogen-bond acceptors (Lipinski definition) is 3. The third-order valence-electron chi connectivity index (χ3n) is 1.60. The van der Waals surface area contributed by atoms with Gasteiger partial charge in [0.1, 0.15) is 10.4 Å². The molecule has 1 atom stereocenters. The van der Waals surface area contributed by atoms with Gasteiger partial charge >= 0.3 is 5.97 Å². The predicted octanol–water partition coefficient (Wildman–Crippen LogP) is 0.959. The predicted molar refractivity (Wildman–Crippen MR) is 53.4 cm³/mol. The molecule has 0 aromatic heterocycles. The van der Waals surface area contributed by atoms with Gasteiger partial charge in [-0.15, -0.1) is 6.58 Å². The first kappa shape index (κ1) is 9.54. The summed E-state index contributed by atoms with van der Waals surface area (Å²) in [5.41, 5.74) is 0. The molecule has 0 aromatic rings. The molecule has 0 spiro atoms. The maximum absolute atomic E-state index is 10.7. The number of carboxylic acids is 1. The van der Waals surface area contributed by atoms with E-state index in [1.54, 1.807) is 4.90 Å². The van der Waals surface area contributed by atoms with Gasteiger partial charge < -0.3 is 10.0 Å². The van der Waals surface area contributed by atoms with Crippen LogP contribution < -0.4 is 0 Å². The van der Waals surface area contributed by atoms with Crippen molar-refractivity contribution in [1.29, 1.82) is 0 Å². The van der Waals surface area contributed by atoms with Crippen LogP contribution in [0.25, 0.3) is 0 Å². The first-order valence-electron chi connectivity index (χ1n) is 3.45. The molecule has 0 aliphatic carbocycles. The second kappa shape index (κ2) is 3.91. The van der Waals surface area contributed by atoms with Crippen LogP contribution in [0.4, 0.5) is 0 Å². The molecule has 1 N–H and O–H groups in total. The summed E-state index contributed by atoms with van der Waals surface area (Å²) in [7, 11) is 0. The maximum Gasteiger partial charge on any atom is 0.330 e. The first-order valence-corrected chi connectivity index (χ1v) is 4.85. The molecule has 1 saturated heterocycles. The number of hydrogen-bond donors (Lipinski definition) is 1. The van der Waals surface area contributed by atoms with E-state index in [4.69, 9.17) is 17.3 Å². The van der Waals surface area contributed by atoms with Crippen LogP contribution in [0.5, 0.6) is 0 Å². The van der Waals surface area contributed by atoms with Crippen molar-refractivity contribution in [3.63, 3.8) is 0 Å². The molecule has 0 radical (unpaired) electrons. The van der Waals surface area contributed by atoms with Crippen molar-refractivity contribution in [3.8, 4) is 0 Å². The van der Waals surface area contributed by atoms with Crippen LogP contribution in [0, 0.1) is 0 Å². The standard InChI is InChI=1S/C7H9NO2S2/c1-2-5(6(9)10)8-3-4-12-7(8)11/h2,5H,1,3-4H2,(H,9,10). The maximum atomic E-state index is 10.7. The quantitative estimate of drug-likeness (QED) is 0.546. The third kappa shape index (κ3) is 1.78. The summed E-state index contributed by atoms with van der Waals surface area (Å²) in [5, 5.41) is 8.77. The molecule has 1 heterocycles. The fourth-order valence-corrected chi connectivity index (χ4v) is 2.31. The third-order valence-corrected chi connectivity index (χ3v) is 3.06. The van der Waals surface area contributed by atoms with Gasteiger partial charge in [-0.25, -0.2) is 4.79 Å². The Bertz CT molecular complexity index is 229. The fraction of sp³-hybridized carbons (Fsp3) is 0.429. The lowest BCUT2D eigenvalue weighted by Gasteiger charge is -2.21. The topological polar surface area (TPSA) is 40.5 Å². The van der Waals surface area contributed by atoms with E-state index < -0.39 is 12.0 Å². The summed E-state index contributed by atoms with van der Waals surface area (Å²) in [4.78, 5) is 12.4. The zero-order valence-electron chi connectivity index (χ0n) is 6.40. The number of carboxylic acid groups (broad SMARTS) is 1. The van der Waals surface area contributed by atoms with Crippen molar-refractivity contribution in [3.05, 3.63) is 12.7 Å². The average molecular weight is 203 g/mol. The number of aliphatic carboxylic acids is 1. The van der Waals surface area contributed by atoms with E-state index in [2.05, 4.69) is 6.58 Å². The van der Waals surface area contributed by atoms with Crippen molar-refractivity contribution < 1.29 is 9.90 Å². The lowest BCUT2D eigenvalue weighted by Crippen LogP contribution is -2.39. The molecular weight excluding hydrogens is 194 g/mol. The molecular formula is C7H9NO2S2. The van der Waals surface area contributed by atoms with E-state index in [1.165, 1.54) is 17.8 Å². The Kier molecular flexibility index (Phi) is 3.11. The normalized spacial score (nSPS) is 19.3. The van der Waals surface area contributed by atoms with Gasteiger partial charge in [-0.1, -0.05) is 30.1 Å². The van der Waals surface area contributed by atoms with Crippen LogP contribution in [-0.4, -0.2) is 38.6 Å². The van der Waals surface area contributed by atoms with Crippen molar-refractivity contribution >= 4 is 34.3 Å². The lowest BCUT2D eigenvalue weighted by atomic mass is 10.2. The van der Waals surface area contributed by atoms with Crippen molar-refractivity contribution in [1.82, 2.24) is 4.90 Å². The van der Waals surface area contributed by atoms with Crippen LogP contribution in [0.1, 0.15) is 0 Å². The smallest absolute Gasteiger partial charge is 0.330 e. The Morgan fingerprint density at radius 3 is 2.92 bits per heavy atom. The number of nitrogens with zero attached hydrogens (tertiary/aromatic N) is 1. The van der Waals surface area contributed by atoms with Gasteiger partial charge in [0, 0.05) is 12.3 Å². The van der Waals surface area contributed by atoms with Crippen molar-refractivity contribution in [2.75, 3.05) is 12.3 Å². The Balaban J connectivity index is 2.71. The minimum Gasteiger partial charge on any atom is -0.479 e. The van der Waals surface area contributed by atoms with Gasteiger partial charge in [-0.05, 0) is 0 Å². The van der Waals surface area contributed by atoms with E-state index in [0.29, 0.717) is 10.9 Å². The number of thiocarbonyl (C=S) groups is 1. The molecule has 1 fully saturated rings. The van der Waals surface area contributed by atoms with E-state index in [9.17, 15) is 4.79 Å². The fourth-order valence-electron chi connectivity index (χ4n) is 1.02. The molecule has 1 rings (SSSR count). The number of thioether (sulfide) groups is 1. The van der Waals surface area contributed by atoms with Gasteiger partial charge in [0.25, 0.3) is 0 Å².